The van der Waals surface area contributed by atoms with Crippen LogP contribution in [0.15, 0.2) is 48.7 Å². The van der Waals surface area contributed by atoms with Crippen molar-refractivity contribution in [1.29, 1.82) is 0 Å². The molecule has 4 nitrogen and oxygen atoms in total. The largest absolute Gasteiger partial charge is 0.310 e. The molecular formula is C27H40N4. The van der Waals surface area contributed by atoms with Crippen LogP contribution in [0, 0.1) is 5.92 Å². The van der Waals surface area contributed by atoms with Crippen LogP contribution >= 0.6 is 0 Å². The number of hydrogen-bond acceptors (Lipinski definition) is 4. The zero-order valence-electron chi connectivity index (χ0n) is 19.5. The number of nitrogens with one attached hydrogen (secondary N) is 1. The minimum atomic E-state index is 0.640. The van der Waals surface area contributed by atoms with E-state index in [9.17, 15) is 0 Å². The van der Waals surface area contributed by atoms with E-state index in [1.165, 1.54) is 75.1 Å². The molecule has 1 N–H and O–H groups in total. The lowest BCUT2D eigenvalue weighted by Crippen LogP contribution is -2.51. The molecule has 0 radical (unpaired) electrons. The summed E-state index contributed by atoms with van der Waals surface area (Å²) in [5, 5.41) is 4.00. The fourth-order valence-electron chi connectivity index (χ4n) is 5.16. The Kier molecular flexibility index (Phi) is 8.12. The van der Waals surface area contributed by atoms with Gasteiger partial charge in [0.05, 0.1) is 5.69 Å². The van der Waals surface area contributed by atoms with Crippen LogP contribution in [-0.2, 0) is 19.5 Å². The second kappa shape index (κ2) is 11.2. The van der Waals surface area contributed by atoms with Crippen LogP contribution in [0.3, 0.4) is 0 Å². The smallest absolute Gasteiger partial charge is 0.0543 e. The number of nitrogens with zero attached hydrogens (tertiary/aromatic N) is 3. The van der Waals surface area contributed by atoms with E-state index in [4.69, 9.17) is 0 Å². The van der Waals surface area contributed by atoms with E-state index < -0.39 is 0 Å². The first-order chi connectivity index (χ1) is 15.1. The first-order valence-electron chi connectivity index (χ1n) is 12.3. The molecule has 2 aliphatic rings. The fourth-order valence-corrected chi connectivity index (χ4v) is 5.16. The number of likely N-dealkylation sites (tertiary alicyclic amines) is 2. The van der Waals surface area contributed by atoms with E-state index in [2.05, 4.69) is 70.3 Å². The number of hydrogen-bond donors (Lipinski definition) is 1. The summed E-state index contributed by atoms with van der Waals surface area (Å²) < 4.78 is 0. The first-order valence-corrected chi connectivity index (χ1v) is 12.3. The lowest BCUT2D eigenvalue weighted by molar-refractivity contribution is 0.146. The molecule has 4 heteroatoms. The summed E-state index contributed by atoms with van der Waals surface area (Å²) in [6, 6.07) is 16.9. The van der Waals surface area contributed by atoms with Crippen LogP contribution in [0.4, 0.5) is 0 Å². The third-order valence-corrected chi connectivity index (χ3v) is 6.75. The molecular weight excluding hydrogens is 380 g/mol. The van der Waals surface area contributed by atoms with Gasteiger partial charge < -0.3 is 5.32 Å². The van der Waals surface area contributed by atoms with Gasteiger partial charge in [0.1, 0.15) is 0 Å². The molecule has 2 fully saturated rings. The molecule has 31 heavy (non-hydrogen) atoms. The summed E-state index contributed by atoms with van der Waals surface area (Å²) >= 11 is 0. The molecule has 1 aromatic carbocycles. The van der Waals surface area contributed by atoms with Gasteiger partial charge in [0.2, 0.25) is 0 Å². The van der Waals surface area contributed by atoms with Crippen molar-refractivity contribution in [3.05, 3.63) is 65.5 Å². The Labute approximate surface area is 189 Å². The number of aromatic nitrogens is 1. The van der Waals surface area contributed by atoms with Crippen molar-refractivity contribution in [2.75, 3.05) is 26.2 Å². The van der Waals surface area contributed by atoms with Crippen molar-refractivity contribution >= 4 is 0 Å². The van der Waals surface area contributed by atoms with Crippen LogP contribution in [0.1, 0.15) is 56.4 Å². The maximum Gasteiger partial charge on any atom is 0.0543 e. The normalized spacial score (nSPS) is 21.6. The van der Waals surface area contributed by atoms with Crippen molar-refractivity contribution in [1.82, 2.24) is 20.1 Å². The third kappa shape index (κ3) is 7.13. The summed E-state index contributed by atoms with van der Waals surface area (Å²) in [7, 11) is 0. The molecule has 2 aliphatic heterocycles. The van der Waals surface area contributed by atoms with Gasteiger partial charge in [-0.2, -0.15) is 0 Å². The number of piperidine rings is 2. The molecule has 2 aromatic rings. The second-order valence-electron chi connectivity index (χ2n) is 10.0. The van der Waals surface area contributed by atoms with E-state index in [0.717, 1.165) is 19.0 Å². The summed E-state index contributed by atoms with van der Waals surface area (Å²) in [5.74, 6) is 0.724. The predicted octanol–water partition coefficient (Wildman–Crippen LogP) is 4.50. The SMILES string of the molecule is CC(C)Cc1ccc(CN2CCC[C@@H](NC3CCN(Cc4ccccn4)CC3)C2)cc1. The van der Waals surface area contributed by atoms with Crippen LogP contribution in [0.25, 0.3) is 0 Å². The Hall–Kier alpha value is -1.75. The quantitative estimate of drug-likeness (QED) is 0.681. The highest BCUT2D eigenvalue weighted by Gasteiger charge is 2.25. The average molecular weight is 421 g/mol. The van der Waals surface area contributed by atoms with Gasteiger partial charge in [-0.25, -0.2) is 0 Å². The summed E-state index contributed by atoms with van der Waals surface area (Å²) in [4.78, 5) is 9.68. The Morgan fingerprint density at radius 3 is 2.35 bits per heavy atom. The Morgan fingerprint density at radius 1 is 0.871 bits per heavy atom. The van der Waals surface area contributed by atoms with E-state index in [1.807, 2.05) is 12.3 Å². The highest BCUT2D eigenvalue weighted by molar-refractivity contribution is 5.23. The fraction of sp³-hybridized carbons (Fsp3) is 0.593. The number of rotatable bonds is 8. The topological polar surface area (TPSA) is 31.4 Å². The molecule has 0 unspecified atom stereocenters. The van der Waals surface area contributed by atoms with E-state index in [1.54, 1.807) is 0 Å². The Bertz CT molecular complexity index is 766. The molecule has 2 saturated heterocycles. The van der Waals surface area contributed by atoms with Crippen LogP contribution in [0.5, 0.6) is 0 Å². The lowest BCUT2D eigenvalue weighted by atomic mass is 9.99. The Morgan fingerprint density at radius 2 is 1.65 bits per heavy atom. The lowest BCUT2D eigenvalue weighted by Gasteiger charge is -2.38. The van der Waals surface area contributed by atoms with E-state index in [0.29, 0.717) is 12.1 Å². The van der Waals surface area contributed by atoms with Gasteiger partial charge >= 0.3 is 0 Å². The molecule has 1 aromatic heterocycles. The first kappa shape index (κ1) is 22.4. The van der Waals surface area contributed by atoms with Crippen molar-refractivity contribution in [2.24, 2.45) is 5.92 Å². The molecule has 168 valence electrons. The molecule has 4 rings (SSSR count). The zero-order chi connectivity index (χ0) is 21.5. The highest BCUT2D eigenvalue weighted by Crippen LogP contribution is 2.19. The third-order valence-electron chi connectivity index (χ3n) is 6.75. The maximum absolute atomic E-state index is 4.48. The van der Waals surface area contributed by atoms with Crippen molar-refractivity contribution < 1.29 is 0 Å². The maximum atomic E-state index is 4.48. The average Bonchev–Trinajstić information content (AvgIpc) is 2.77. The van der Waals surface area contributed by atoms with Gasteiger partial charge in [-0.15, -0.1) is 0 Å². The van der Waals surface area contributed by atoms with Gasteiger partial charge in [-0.05, 0) is 67.8 Å². The molecule has 3 heterocycles. The van der Waals surface area contributed by atoms with Gasteiger partial charge in [0.25, 0.3) is 0 Å². The molecule has 0 bridgehead atoms. The Balaban J connectivity index is 1.20. The van der Waals surface area contributed by atoms with Gasteiger partial charge in [0, 0.05) is 51.0 Å². The molecule has 0 aliphatic carbocycles. The van der Waals surface area contributed by atoms with E-state index >= 15 is 0 Å². The van der Waals surface area contributed by atoms with Crippen molar-refractivity contribution in [3.8, 4) is 0 Å². The van der Waals surface area contributed by atoms with Crippen molar-refractivity contribution in [3.63, 3.8) is 0 Å². The van der Waals surface area contributed by atoms with E-state index in [-0.39, 0.29) is 0 Å². The minimum Gasteiger partial charge on any atom is -0.310 e. The second-order valence-corrected chi connectivity index (χ2v) is 10.0. The van der Waals surface area contributed by atoms with Crippen LogP contribution < -0.4 is 5.32 Å². The van der Waals surface area contributed by atoms with Crippen LogP contribution in [0.2, 0.25) is 0 Å². The van der Waals surface area contributed by atoms with Gasteiger partial charge in [-0.1, -0.05) is 44.2 Å². The molecule has 0 amide bonds. The summed E-state index contributed by atoms with van der Waals surface area (Å²) in [6.45, 7) is 11.4. The van der Waals surface area contributed by atoms with Gasteiger partial charge in [-0.3, -0.25) is 14.8 Å². The van der Waals surface area contributed by atoms with Crippen molar-refractivity contribution in [2.45, 2.75) is 71.1 Å². The molecule has 0 saturated carbocycles. The molecule has 0 spiro atoms. The predicted molar refractivity (Wildman–Crippen MR) is 129 cm³/mol. The monoisotopic (exact) mass is 420 g/mol. The van der Waals surface area contributed by atoms with Gasteiger partial charge in [0.15, 0.2) is 0 Å². The standard InChI is InChI=1S/C27H40N4/c1-22(2)18-23-8-10-24(11-9-23)19-31-15-5-7-27(21-31)29-25-12-16-30(17-13-25)20-26-6-3-4-14-28-26/h3-4,6,8-11,14,22,25,27,29H,5,7,12-13,15-21H2,1-2H3/t27-/m1/s1. The molecule has 1 atom stereocenters. The summed E-state index contributed by atoms with van der Waals surface area (Å²) in [5.41, 5.74) is 4.11. The number of pyridine rings is 1. The summed E-state index contributed by atoms with van der Waals surface area (Å²) in [6.07, 6.45) is 8.20. The minimum absolute atomic E-state index is 0.640. The zero-order valence-corrected chi connectivity index (χ0v) is 19.5. The highest BCUT2D eigenvalue weighted by atomic mass is 15.2. The van der Waals surface area contributed by atoms with Crippen LogP contribution in [-0.4, -0.2) is 53.0 Å². The number of benzene rings is 1.